The molecule has 1 atom stereocenters. The summed E-state index contributed by atoms with van der Waals surface area (Å²) in [5.41, 5.74) is 10.4. The summed E-state index contributed by atoms with van der Waals surface area (Å²) in [4.78, 5) is 1.17. The van der Waals surface area contributed by atoms with Crippen molar-refractivity contribution >= 4 is 27.7 Å². The van der Waals surface area contributed by atoms with Crippen molar-refractivity contribution in [1.82, 2.24) is 10.2 Å². The first-order valence-corrected chi connectivity index (χ1v) is 10.4. The van der Waals surface area contributed by atoms with Gasteiger partial charge in [-0.15, -0.1) is 16.9 Å². The first-order chi connectivity index (χ1) is 13.6. The summed E-state index contributed by atoms with van der Waals surface area (Å²) < 4.78 is 6.61. The Morgan fingerprint density at radius 1 is 1.21 bits per heavy atom. The van der Waals surface area contributed by atoms with Gasteiger partial charge in [0.15, 0.2) is 0 Å². The second-order valence-electron chi connectivity index (χ2n) is 6.50. The van der Waals surface area contributed by atoms with Crippen molar-refractivity contribution < 1.29 is 4.74 Å². The zero-order chi connectivity index (χ0) is 19.7. The maximum atomic E-state index is 9.72. The predicted octanol–water partition coefficient (Wildman–Crippen LogP) is 4.99. The number of nitrogens with two attached hydrogens (primary N) is 1. The molecule has 7 heteroatoms. The van der Waals surface area contributed by atoms with Gasteiger partial charge < -0.3 is 10.5 Å². The SMILES string of the molecule is Cc1ccc(SCc2[nH]nc3c2[C@H](c2ccc(Br)cc2)C(C#N)=C(N)O3)cc1. The predicted molar refractivity (Wildman–Crippen MR) is 113 cm³/mol. The van der Waals surface area contributed by atoms with E-state index in [2.05, 4.69) is 63.4 Å². The van der Waals surface area contributed by atoms with Crippen LogP contribution in [0.2, 0.25) is 0 Å². The van der Waals surface area contributed by atoms with Crippen LogP contribution >= 0.6 is 27.7 Å². The highest BCUT2D eigenvalue weighted by atomic mass is 79.9. The van der Waals surface area contributed by atoms with Crippen LogP contribution < -0.4 is 10.5 Å². The van der Waals surface area contributed by atoms with E-state index < -0.39 is 0 Å². The number of ether oxygens (including phenoxy) is 1. The van der Waals surface area contributed by atoms with Gasteiger partial charge in [0.2, 0.25) is 11.8 Å². The molecule has 0 unspecified atom stereocenters. The molecule has 0 fully saturated rings. The topological polar surface area (TPSA) is 87.7 Å². The average Bonchev–Trinajstić information content (AvgIpc) is 3.09. The molecule has 28 heavy (non-hydrogen) atoms. The minimum atomic E-state index is -0.311. The summed E-state index contributed by atoms with van der Waals surface area (Å²) in [6.07, 6.45) is 0. The zero-order valence-corrected chi connectivity index (χ0v) is 17.5. The summed E-state index contributed by atoms with van der Waals surface area (Å²) in [5, 5.41) is 17.1. The molecule has 0 bridgehead atoms. The van der Waals surface area contributed by atoms with Gasteiger partial charge in [-0.2, -0.15) is 5.26 Å². The molecule has 3 N–H and O–H groups in total. The number of aromatic nitrogens is 2. The highest BCUT2D eigenvalue weighted by Gasteiger charge is 2.35. The third kappa shape index (κ3) is 3.53. The Morgan fingerprint density at radius 3 is 2.61 bits per heavy atom. The lowest BCUT2D eigenvalue weighted by Crippen LogP contribution is -2.21. The molecule has 3 aromatic rings. The largest absolute Gasteiger partial charge is 0.420 e. The molecule has 0 amide bonds. The summed E-state index contributed by atoms with van der Waals surface area (Å²) in [7, 11) is 0. The smallest absolute Gasteiger partial charge is 0.244 e. The molecule has 5 nitrogen and oxygen atoms in total. The lowest BCUT2D eigenvalue weighted by molar-refractivity contribution is 0.379. The number of benzene rings is 2. The summed E-state index contributed by atoms with van der Waals surface area (Å²) in [6.45, 7) is 2.07. The minimum Gasteiger partial charge on any atom is -0.420 e. The van der Waals surface area contributed by atoms with E-state index in [0.29, 0.717) is 17.2 Å². The first kappa shape index (κ1) is 18.7. The first-order valence-electron chi connectivity index (χ1n) is 8.66. The van der Waals surface area contributed by atoms with Crippen LogP contribution in [0, 0.1) is 18.3 Å². The monoisotopic (exact) mass is 452 g/mol. The molecule has 2 heterocycles. The van der Waals surface area contributed by atoms with E-state index in [-0.39, 0.29) is 11.8 Å². The number of rotatable bonds is 4. The normalized spacial score (nSPS) is 15.7. The van der Waals surface area contributed by atoms with Gasteiger partial charge in [-0.3, -0.25) is 5.10 Å². The number of fused-ring (bicyclic) bond motifs is 1. The Labute approximate surface area is 175 Å². The number of aryl methyl sites for hydroxylation is 1. The number of hydrogen-bond donors (Lipinski definition) is 2. The van der Waals surface area contributed by atoms with Crippen molar-refractivity contribution in [2.45, 2.75) is 23.5 Å². The van der Waals surface area contributed by atoms with Gasteiger partial charge in [-0.1, -0.05) is 45.8 Å². The average molecular weight is 453 g/mol. The van der Waals surface area contributed by atoms with E-state index in [4.69, 9.17) is 10.5 Å². The standard InChI is InChI=1S/C21H17BrN4OS/c1-12-2-8-15(9-3-12)28-11-17-19-18(13-4-6-14(22)7-5-13)16(10-23)20(24)27-21(19)26-25-17/h2-9,18H,11,24H2,1H3,(H,25,26)/t18-/m1/s1. The van der Waals surface area contributed by atoms with Crippen molar-refractivity contribution in [2.75, 3.05) is 0 Å². The van der Waals surface area contributed by atoms with Gasteiger partial charge in [-0.05, 0) is 36.8 Å². The van der Waals surface area contributed by atoms with E-state index in [1.54, 1.807) is 11.8 Å². The summed E-state index contributed by atoms with van der Waals surface area (Å²) in [6, 6.07) is 18.5. The lowest BCUT2D eigenvalue weighted by atomic mass is 9.84. The highest BCUT2D eigenvalue weighted by molar-refractivity contribution is 9.10. The number of allylic oxidation sites excluding steroid dienone is 1. The van der Waals surface area contributed by atoms with Gasteiger partial charge in [0, 0.05) is 15.1 Å². The van der Waals surface area contributed by atoms with Crippen molar-refractivity contribution in [3.63, 3.8) is 0 Å². The Morgan fingerprint density at radius 2 is 1.93 bits per heavy atom. The lowest BCUT2D eigenvalue weighted by Gasteiger charge is -2.24. The second kappa shape index (κ2) is 7.74. The maximum Gasteiger partial charge on any atom is 0.244 e. The van der Waals surface area contributed by atoms with E-state index >= 15 is 0 Å². The molecular formula is C21H17BrN4OS. The van der Waals surface area contributed by atoms with Crippen LogP contribution in [0.25, 0.3) is 0 Å². The Balaban J connectivity index is 1.71. The third-order valence-corrected chi connectivity index (χ3v) is 6.19. The molecule has 2 aromatic carbocycles. The second-order valence-corrected chi connectivity index (χ2v) is 8.46. The fourth-order valence-corrected chi connectivity index (χ4v) is 4.32. The molecule has 1 aliphatic heterocycles. The van der Waals surface area contributed by atoms with Crippen molar-refractivity contribution in [1.29, 1.82) is 5.26 Å². The van der Waals surface area contributed by atoms with Crippen molar-refractivity contribution in [2.24, 2.45) is 5.73 Å². The van der Waals surface area contributed by atoms with E-state index in [1.165, 1.54) is 10.5 Å². The number of nitrogens with one attached hydrogen (secondary N) is 1. The fraction of sp³-hybridized carbons (Fsp3) is 0.143. The van der Waals surface area contributed by atoms with Crippen LogP contribution in [0.5, 0.6) is 5.88 Å². The van der Waals surface area contributed by atoms with Crippen LogP contribution in [-0.2, 0) is 5.75 Å². The molecule has 140 valence electrons. The number of thioether (sulfide) groups is 1. The molecule has 0 spiro atoms. The third-order valence-electron chi connectivity index (χ3n) is 4.63. The molecule has 1 aliphatic rings. The van der Waals surface area contributed by atoms with Crippen LogP contribution in [0.4, 0.5) is 0 Å². The maximum absolute atomic E-state index is 9.72. The number of halogens is 1. The van der Waals surface area contributed by atoms with Crippen LogP contribution in [0.15, 0.2) is 69.4 Å². The van der Waals surface area contributed by atoms with Gasteiger partial charge in [0.1, 0.15) is 11.6 Å². The number of H-pyrrole nitrogens is 1. The molecule has 0 radical (unpaired) electrons. The van der Waals surface area contributed by atoms with Gasteiger partial charge in [-0.25, -0.2) is 0 Å². The number of aromatic amines is 1. The van der Waals surface area contributed by atoms with Gasteiger partial charge in [0.25, 0.3) is 0 Å². The number of nitriles is 1. The Bertz CT molecular complexity index is 1080. The van der Waals surface area contributed by atoms with Crippen LogP contribution in [0.1, 0.15) is 28.3 Å². The Kier molecular flexibility index (Phi) is 5.16. The van der Waals surface area contributed by atoms with E-state index in [0.717, 1.165) is 21.3 Å². The number of nitrogens with zero attached hydrogens (tertiary/aromatic N) is 2. The summed E-state index contributed by atoms with van der Waals surface area (Å²) in [5.74, 6) is 0.908. The molecule has 0 saturated carbocycles. The fourth-order valence-electron chi connectivity index (χ4n) is 3.20. The Hall–Kier alpha value is -2.69. The highest BCUT2D eigenvalue weighted by Crippen LogP contribution is 2.44. The molecule has 4 rings (SSSR count). The number of hydrogen-bond acceptors (Lipinski definition) is 5. The quantitative estimate of drug-likeness (QED) is 0.544. The van der Waals surface area contributed by atoms with Crippen LogP contribution in [-0.4, -0.2) is 10.2 Å². The zero-order valence-electron chi connectivity index (χ0n) is 15.1. The van der Waals surface area contributed by atoms with Crippen molar-refractivity contribution in [3.05, 3.63) is 86.8 Å². The summed E-state index contributed by atoms with van der Waals surface area (Å²) >= 11 is 5.16. The van der Waals surface area contributed by atoms with Crippen molar-refractivity contribution in [3.8, 4) is 11.9 Å². The molecule has 0 saturated heterocycles. The molecule has 1 aromatic heterocycles. The van der Waals surface area contributed by atoms with E-state index in [1.807, 2.05) is 24.3 Å². The van der Waals surface area contributed by atoms with E-state index in [9.17, 15) is 5.26 Å². The van der Waals surface area contributed by atoms with Gasteiger partial charge >= 0.3 is 0 Å². The molecule has 0 aliphatic carbocycles. The minimum absolute atomic E-state index is 0.104. The molecular weight excluding hydrogens is 436 g/mol. The van der Waals surface area contributed by atoms with Gasteiger partial charge in [0.05, 0.1) is 17.2 Å². The van der Waals surface area contributed by atoms with Crippen LogP contribution in [0.3, 0.4) is 0 Å².